The number of nitrogens with zero attached hydrogens (tertiary/aromatic N) is 2. The van der Waals surface area contributed by atoms with Crippen LogP contribution in [0.2, 0.25) is 0 Å². The maximum Gasteiger partial charge on any atom is 0.240 e. The fraction of sp³-hybridized carbons (Fsp3) is 0.526. The van der Waals surface area contributed by atoms with Gasteiger partial charge in [-0.25, -0.2) is 17.8 Å². The Kier molecular flexibility index (Phi) is 5.11. The molecule has 2 aliphatic carbocycles. The van der Waals surface area contributed by atoms with Crippen LogP contribution in [0.15, 0.2) is 47.6 Å². The Morgan fingerprint density at radius 2 is 1.69 bits per heavy atom. The summed E-state index contributed by atoms with van der Waals surface area (Å²) in [4.78, 5) is 0.303. The van der Waals surface area contributed by atoms with Crippen molar-refractivity contribution >= 4 is 10.0 Å². The van der Waals surface area contributed by atoms with Crippen molar-refractivity contribution in [3.8, 4) is 5.69 Å². The van der Waals surface area contributed by atoms with Gasteiger partial charge in [-0.3, -0.25) is 0 Å². The number of hydrogen-bond donors (Lipinski definition) is 2. The average Bonchev–Trinajstić information content (AvgIpc) is 3.19. The summed E-state index contributed by atoms with van der Waals surface area (Å²) in [5.74, 6) is 0. The first kappa shape index (κ1) is 17.7. The summed E-state index contributed by atoms with van der Waals surface area (Å²) in [6, 6.07) is 9.48. The van der Waals surface area contributed by atoms with E-state index in [1.165, 1.54) is 32.1 Å². The lowest BCUT2D eigenvalue weighted by atomic mass is 9.85. The molecule has 0 radical (unpaired) electrons. The van der Waals surface area contributed by atoms with E-state index in [2.05, 4.69) is 15.1 Å². The Morgan fingerprint density at radius 3 is 2.31 bits per heavy atom. The van der Waals surface area contributed by atoms with Gasteiger partial charge in [0, 0.05) is 30.5 Å². The molecule has 2 atom stereocenters. The van der Waals surface area contributed by atoms with E-state index in [4.69, 9.17) is 0 Å². The van der Waals surface area contributed by atoms with Gasteiger partial charge >= 0.3 is 0 Å². The molecule has 2 aromatic rings. The fourth-order valence-electron chi connectivity index (χ4n) is 3.88. The molecule has 0 bridgehead atoms. The highest BCUT2D eigenvalue weighted by molar-refractivity contribution is 7.89. The monoisotopic (exact) mass is 374 g/mol. The Labute approximate surface area is 155 Å². The van der Waals surface area contributed by atoms with Crippen LogP contribution in [-0.4, -0.2) is 36.3 Å². The normalized spacial score (nSPS) is 24.3. The zero-order valence-corrected chi connectivity index (χ0v) is 15.7. The first-order valence-corrected chi connectivity index (χ1v) is 11.0. The molecule has 1 heterocycles. The van der Waals surface area contributed by atoms with E-state index in [9.17, 15) is 8.42 Å². The van der Waals surface area contributed by atoms with Gasteiger partial charge in [-0.05, 0) is 56.0 Å². The molecule has 140 valence electrons. The second-order valence-electron chi connectivity index (χ2n) is 7.36. The molecule has 1 aromatic carbocycles. The summed E-state index contributed by atoms with van der Waals surface area (Å²) in [6.45, 7) is 0. The SMILES string of the molecule is O=S(=O)(N[C@@H]1CC[C@@H]1NC1CCCCC1)c1ccc(-n2cccn2)cc1. The molecule has 26 heavy (non-hydrogen) atoms. The lowest BCUT2D eigenvalue weighted by Gasteiger charge is -2.40. The molecule has 2 saturated carbocycles. The van der Waals surface area contributed by atoms with Crippen molar-refractivity contribution in [3.05, 3.63) is 42.7 Å². The summed E-state index contributed by atoms with van der Waals surface area (Å²) in [5.41, 5.74) is 0.842. The van der Waals surface area contributed by atoms with E-state index in [1.807, 2.05) is 12.3 Å². The van der Waals surface area contributed by atoms with Crippen LogP contribution in [0.4, 0.5) is 0 Å². The first-order chi connectivity index (χ1) is 12.6. The second kappa shape index (κ2) is 7.50. The minimum Gasteiger partial charge on any atom is -0.310 e. The molecular weight excluding hydrogens is 348 g/mol. The van der Waals surface area contributed by atoms with Gasteiger partial charge in [0.2, 0.25) is 10.0 Å². The molecule has 7 heteroatoms. The Balaban J connectivity index is 1.39. The van der Waals surface area contributed by atoms with E-state index in [-0.39, 0.29) is 12.1 Å². The minimum absolute atomic E-state index is 0.00674. The van der Waals surface area contributed by atoms with Gasteiger partial charge in [-0.15, -0.1) is 0 Å². The third kappa shape index (κ3) is 3.84. The van der Waals surface area contributed by atoms with Gasteiger partial charge in [0.1, 0.15) is 0 Å². The molecule has 1 aromatic heterocycles. The van der Waals surface area contributed by atoms with Crippen LogP contribution in [-0.2, 0) is 10.0 Å². The van der Waals surface area contributed by atoms with Crippen LogP contribution in [0.5, 0.6) is 0 Å². The molecular formula is C19H26N4O2S. The number of hydrogen-bond acceptors (Lipinski definition) is 4. The highest BCUT2D eigenvalue weighted by Gasteiger charge is 2.35. The topological polar surface area (TPSA) is 76.0 Å². The van der Waals surface area contributed by atoms with Crippen molar-refractivity contribution in [1.29, 1.82) is 0 Å². The zero-order chi connectivity index (χ0) is 18.0. The molecule has 0 spiro atoms. The summed E-state index contributed by atoms with van der Waals surface area (Å²) in [5, 5.41) is 7.83. The lowest BCUT2D eigenvalue weighted by Crippen LogP contribution is -2.59. The maximum atomic E-state index is 12.7. The van der Waals surface area contributed by atoms with Crippen molar-refractivity contribution in [2.24, 2.45) is 0 Å². The quantitative estimate of drug-likeness (QED) is 0.815. The van der Waals surface area contributed by atoms with Crippen LogP contribution >= 0.6 is 0 Å². The standard InChI is InChI=1S/C19H26N4O2S/c24-26(25,17-9-7-16(8-10-17)23-14-4-13-20-23)22-19-12-11-18(19)21-15-5-2-1-3-6-15/h4,7-10,13-15,18-19,21-22H,1-3,5-6,11-12H2/t18-,19+/m0/s1. The van der Waals surface area contributed by atoms with Crippen LogP contribution in [0.25, 0.3) is 5.69 Å². The molecule has 0 unspecified atom stereocenters. The van der Waals surface area contributed by atoms with E-state index >= 15 is 0 Å². The highest BCUT2D eigenvalue weighted by Crippen LogP contribution is 2.26. The van der Waals surface area contributed by atoms with Gasteiger partial charge in [0.05, 0.1) is 10.6 Å². The number of benzene rings is 1. The van der Waals surface area contributed by atoms with E-state index < -0.39 is 10.0 Å². The van der Waals surface area contributed by atoms with E-state index in [0.29, 0.717) is 10.9 Å². The molecule has 2 N–H and O–H groups in total. The van der Waals surface area contributed by atoms with Crippen molar-refractivity contribution < 1.29 is 8.42 Å². The highest BCUT2D eigenvalue weighted by atomic mass is 32.2. The zero-order valence-electron chi connectivity index (χ0n) is 14.8. The molecule has 2 aliphatic rings. The van der Waals surface area contributed by atoms with Gasteiger partial charge < -0.3 is 5.32 Å². The van der Waals surface area contributed by atoms with Crippen LogP contribution in [0, 0.1) is 0 Å². The van der Waals surface area contributed by atoms with Crippen LogP contribution in [0.3, 0.4) is 0 Å². The van der Waals surface area contributed by atoms with E-state index in [0.717, 1.165) is 18.5 Å². The maximum absolute atomic E-state index is 12.7. The van der Waals surface area contributed by atoms with Crippen LogP contribution in [0.1, 0.15) is 44.9 Å². The largest absolute Gasteiger partial charge is 0.310 e. The van der Waals surface area contributed by atoms with Crippen molar-refractivity contribution in [2.75, 3.05) is 0 Å². The minimum atomic E-state index is -3.50. The number of rotatable bonds is 6. The number of aromatic nitrogens is 2. The Hall–Kier alpha value is -1.70. The van der Waals surface area contributed by atoms with Gasteiger partial charge in [0.25, 0.3) is 0 Å². The third-order valence-corrected chi connectivity index (χ3v) is 7.06. The van der Waals surface area contributed by atoms with E-state index in [1.54, 1.807) is 35.1 Å². The predicted molar refractivity (Wildman–Crippen MR) is 101 cm³/mol. The van der Waals surface area contributed by atoms with Gasteiger partial charge in [0.15, 0.2) is 0 Å². The van der Waals surface area contributed by atoms with Gasteiger partial charge in [-0.1, -0.05) is 19.3 Å². The summed E-state index contributed by atoms with van der Waals surface area (Å²) in [7, 11) is -3.50. The Morgan fingerprint density at radius 1 is 0.962 bits per heavy atom. The van der Waals surface area contributed by atoms with Gasteiger partial charge in [-0.2, -0.15) is 5.10 Å². The van der Waals surface area contributed by atoms with Crippen molar-refractivity contribution in [1.82, 2.24) is 19.8 Å². The van der Waals surface area contributed by atoms with Crippen molar-refractivity contribution in [2.45, 2.75) is 68.0 Å². The predicted octanol–water partition coefficient (Wildman–Crippen LogP) is 2.60. The first-order valence-electron chi connectivity index (χ1n) is 9.50. The summed E-state index contributed by atoms with van der Waals surface area (Å²) >= 11 is 0. The molecule has 0 amide bonds. The number of nitrogens with one attached hydrogen (secondary N) is 2. The molecule has 0 aliphatic heterocycles. The molecule has 0 saturated heterocycles. The summed E-state index contributed by atoms with van der Waals surface area (Å²) < 4.78 is 30.0. The van der Waals surface area contributed by atoms with Crippen molar-refractivity contribution in [3.63, 3.8) is 0 Å². The smallest absolute Gasteiger partial charge is 0.240 e. The lowest BCUT2D eigenvalue weighted by molar-refractivity contribution is 0.221. The molecule has 6 nitrogen and oxygen atoms in total. The van der Waals surface area contributed by atoms with Crippen LogP contribution < -0.4 is 10.0 Å². The second-order valence-corrected chi connectivity index (χ2v) is 9.07. The molecule has 4 rings (SSSR count). The third-order valence-electron chi connectivity index (χ3n) is 5.55. The molecule has 2 fully saturated rings. The average molecular weight is 375 g/mol. The summed E-state index contributed by atoms with van der Waals surface area (Å²) in [6.07, 6.45) is 11.8. The fourth-order valence-corrected chi connectivity index (χ4v) is 5.19. The number of sulfonamides is 1. The Bertz CT molecular complexity index is 812.